The maximum Gasteiger partial charge on any atom is 0.236 e. The molecule has 4 heteroatoms. The standard InChI is InChI=1S/C15H24N2O2/c1-4-13-5-7-14(8-6-13)11-17(3)15(19)12-16(2)9-10-18/h5-8,18H,4,9-12H2,1-3H3. The van der Waals surface area contributed by atoms with Gasteiger partial charge >= 0.3 is 0 Å². The Labute approximate surface area is 115 Å². The van der Waals surface area contributed by atoms with Gasteiger partial charge in [-0.25, -0.2) is 0 Å². The highest BCUT2D eigenvalue weighted by atomic mass is 16.3. The van der Waals surface area contributed by atoms with E-state index in [1.807, 2.05) is 19.0 Å². The molecule has 0 aromatic heterocycles. The topological polar surface area (TPSA) is 43.8 Å². The zero-order chi connectivity index (χ0) is 14.3. The lowest BCUT2D eigenvalue weighted by atomic mass is 10.1. The summed E-state index contributed by atoms with van der Waals surface area (Å²) in [6.45, 7) is 3.68. The molecule has 0 aliphatic heterocycles. The number of nitrogens with zero attached hydrogens (tertiary/aromatic N) is 2. The van der Waals surface area contributed by atoms with Crippen molar-refractivity contribution in [3.8, 4) is 0 Å². The number of aliphatic hydroxyl groups excluding tert-OH is 1. The van der Waals surface area contributed by atoms with Gasteiger partial charge in [0, 0.05) is 20.1 Å². The van der Waals surface area contributed by atoms with Gasteiger partial charge < -0.3 is 10.0 Å². The first kappa shape index (κ1) is 15.7. The molecule has 1 aromatic rings. The van der Waals surface area contributed by atoms with Crippen LogP contribution in [0.15, 0.2) is 24.3 Å². The summed E-state index contributed by atoms with van der Waals surface area (Å²) in [6, 6.07) is 8.34. The molecule has 0 atom stereocenters. The van der Waals surface area contributed by atoms with Gasteiger partial charge in [0.1, 0.15) is 0 Å². The number of likely N-dealkylation sites (N-methyl/N-ethyl adjacent to an activating group) is 2. The highest BCUT2D eigenvalue weighted by molar-refractivity contribution is 5.77. The molecule has 0 radical (unpaired) electrons. The van der Waals surface area contributed by atoms with Gasteiger partial charge in [-0.3, -0.25) is 9.69 Å². The van der Waals surface area contributed by atoms with Crippen LogP contribution in [0.3, 0.4) is 0 Å². The number of aryl methyl sites for hydroxylation is 1. The number of hydrogen-bond donors (Lipinski definition) is 1. The molecule has 1 amide bonds. The molecular weight excluding hydrogens is 240 g/mol. The first-order chi connectivity index (χ1) is 9.06. The molecule has 0 saturated heterocycles. The maximum atomic E-state index is 12.0. The summed E-state index contributed by atoms with van der Waals surface area (Å²) in [5, 5.41) is 8.81. The van der Waals surface area contributed by atoms with Crippen LogP contribution in [0.5, 0.6) is 0 Å². The van der Waals surface area contributed by atoms with Crippen LogP contribution in [-0.2, 0) is 17.8 Å². The van der Waals surface area contributed by atoms with Crippen LogP contribution in [0.2, 0.25) is 0 Å². The Morgan fingerprint density at radius 3 is 2.26 bits per heavy atom. The van der Waals surface area contributed by atoms with E-state index < -0.39 is 0 Å². The largest absolute Gasteiger partial charge is 0.395 e. The van der Waals surface area contributed by atoms with Crippen LogP contribution in [0.25, 0.3) is 0 Å². The molecule has 0 aliphatic rings. The molecule has 0 heterocycles. The number of amides is 1. The van der Waals surface area contributed by atoms with Gasteiger partial charge in [-0.1, -0.05) is 31.2 Å². The number of aliphatic hydroxyl groups is 1. The summed E-state index contributed by atoms with van der Waals surface area (Å²) >= 11 is 0. The fraction of sp³-hybridized carbons (Fsp3) is 0.533. The van der Waals surface area contributed by atoms with E-state index in [0.29, 0.717) is 19.6 Å². The third-order valence-corrected chi connectivity index (χ3v) is 3.16. The average molecular weight is 264 g/mol. The predicted octanol–water partition coefficient (Wildman–Crippen LogP) is 1.13. The second-order valence-electron chi connectivity index (χ2n) is 4.88. The summed E-state index contributed by atoms with van der Waals surface area (Å²) in [5.74, 6) is 0.0653. The normalized spacial score (nSPS) is 10.8. The quantitative estimate of drug-likeness (QED) is 0.803. The molecule has 0 saturated carbocycles. The van der Waals surface area contributed by atoms with Gasteiger partial charge in [-0.2, -0.15) is 0 Å². The van der Waals surface area contributed by atoms with Gasteiger partial charge in [-0.15, -0.1) is 0 Å². The lowest BCUT2D eigenvalue weighted by Gasteiger charge is -2.21. The second-order valence-corrected chi connectivity index (χ2v) is 4.88. The summed E-state index contributed by atoms with van der Waals surface area (Å²) in [7, 11) is 3.64. The van der Waals surface area contributed by atoms with Gasteiger partial charge in [-0.05, 0) is 24.6 Å². The van der Waals surface area contributed by atoms with Crippen molar-refractivity contribution in [1.29, 1.82) is 0 Å². The summed E-state index contributed by atoms with van der Waals surface area (Å²) in [4.78, 5) is 15.5. The molecule has 4 nitrogen and oxygen atoms in total. The van der Waals surface area contributed by atoms with E-state index >= 15 is 0 Å². The number of hydrogen-bond acceptors (Lipinski definition) is 3. The van der Waals surface area contributed by atoms with Crippen molar-refractivity contribution < 1.29 is 9.90 Å². The Morgan fingerprint density at radius 1 is 1.16 bits per heavy atom. The van der Waals surface area contributed by atoms with E-state index in [2.05, 4.69) is 31.2 Å². The molecule has 1 N–H and O–H groups in total. The first-order valence-corrected chi connectivity index (χ1v) is 6.68. The van der Waals surface area contributed by atoms with Crippen molar-refractivity contribution >= 4 is 5.91 Å². The molecule has 1 rings (SSSR count). The van der Waals surface area contributed by atoms with Crippen LogP contribution >= 0.6 is 0 Å². The van der Waals surface area contributed by atoms with E-state index in [4.69, 9.17) is 5.11 Å². The van der Waals surface area contributed by atoms with E-state index in [0.717, 1.165) is 12.0 Å². The zero-order valence-corrected chi connectivity index (χ0v) is 12.1. The monoisotopic (exact) mass is 264 g/mol. The van der Waals surface area contributed by atoms with Crippen LogP contribution < -0.4 is 0 Å². The highest BCUT2D eigenvalue weighted by Gasteiger charge is 2.11. The van der Waals surface area contributed by atoms with Gasteiger partial charge in [0.25, 0.3) is 0 Å². The highest BCUT2D eigenvalue weighted by Crippen LogP contribution is 2.07. The molecule has 0 bridgehead atoms. The van der Waals surface area contributed by atoms with Crippen molar-refractivity contribution in [2.75, 3.05) is 33.8 Å². The number of rotatable bonds is 7. The first-order valence-electron chi connectivity index (χ1n) is 6.68. The van der Waals surface area contributed by atoms with Gasteiger partial charge in [0.05, 0.1) is 13.2 Å². The lowest BCUT2D eigenvalue weighted by Crippen LogP contribution is -2.37. The molecule has 0 aliphatic carbocycles. The Morgan fingerprint density at radius 2 is 1.74 bits per heavy atom. The van der Waals surface area contributed by atoms with Crippen molar-refractivity contribution in [2.24, 2.45) is 0 Å². The third-order valence-electron chi connectivity index (χ3n) is 3.16. The SMILES string of the molecule is CCc1ccc(CN(C)C(=O)CN(C)CCO)cc1. The van der Waals surface area contributed by atoms with Crippen molar-refractivity contribution in [2.45, 2.75) is 19.9 Å². The third kappa shape index (κ3) is 5.41. The van der Waals surface area contributed by atoms with Crippen molar-refractivity contribution in [3.63, 3.8) is 0 Å². The van der Waals surface area contributed by atoms with E-state index in [1.54, 1.807) is 4.90 Å². The fourth-order valence-corrected chi connectivity index (χ4v) is 1.84. The van der Waals surface area contributed by atoms with Crippen LogP contribution in [-0.4, -0.2) is 54.6 Å². The molecule has 19 heavy (non-hydrogen) atoms. The minimum Gasteiger partial charge on any atom is -0.395 e. The van der Waals surface area contributed by atoms with Gasteiger partial charge in [0.15, 0.2) is 0 Å². The van der Waals surface area contributed by atoms with E-state index in [-0.39, 0.29) is 12.5 Å². The smallest absolute Gasteiger partial charge is 0.236 e. The average Bonchev–Trinajstić information content (AvgIpc) is 2.39. The fourth-order valence-electron chi connectivity index (χ4n) is 1.84. The van der Waals surface area contributed by atoms with Crippen molar-refractivity contribution in [3.05, 3.63) is 35.4 Å². The molecule has 1 aromatic carbocycles. The Hall–Kier alpha value is -1.39. The number of carbonyl (C=O) groups is 1. The molecule has 0 unspecified atom stereocenters. The number of benzene rings is 1. The van der Waals surface area contributed by atoms with Crippen LogP contribution in [0.1, 0.15) is 18.1 Å². The van der Waals surface area contributed by atoms with Crippen molar-refractivity contribution in [1.82, 2.24) is 9.80 Å². The maximum absolute atomic E-state index is 12.0. The summed E-state index contributed by atoms with van der Waals surface area (Å²) in [6.07, 6.45) is 1.03. The van der Waals surface area contributed by atoms with E-state index in [1.165, 1.54) is 5.56 Å². The molecule has 106 valence electrons. The van der Waals surface area contributed by atoms with Crippen LogP contribution in [0.4, 0.5) is 0 Å². The zero-order valence-electron chi connectivity index (χ0n) is 12.1. The molecule has 0 spiro atoms. The lowest BCUT2D eigenvalue weighted by molar-refractivity contribution is -0.131. The Balaban J connectivity index is 2.48. The Kier molecular flexibility index (Phi) is 6.53. The second kappa shape index (κ2) is 7.92. The predicted molar refractivity (Wildman–Crippen MR) is 76.9 cm³/mol. The minimum atomic E-state index is 0.0653. The van der Waals surface area contributed by atoms with E-state index in [9.17, 15) is 4.79 Å². The van der Waals surface area contributed by atoms with Gasteiger partial charge in [0.2, 0.25) is 5.91 Å². The molecular formula is C15H24N2O2. The minimum absolute atomic E-state index is 0.0653. The summed E-state index contributed by atoms with van der Waals surface area (Å²) in [5.41, 5.74) is 2.44. The van der Waals surface area contributed by atoms with Crippen LogP contribution in [0, 0.1) is 0 Å². The molecule has 0 fully saturated rings. The summed E-state index contributed by atoms with van der Waals surface area (Å²) < 4.78 is 0. The number of carbonyl (C=O) groups excluding carboxylic acids is 1. The Bertz CT molecular complexity index is 390.